The van der Waals surface area contributed by atoms with Crippen molar-refractivity contribution >= 4 is 0 Å². The molecule has 0 aromatic heterocycles. The minimum absolute atomic E-state index is 1.07. The molecule has 18 heavy (non-hydrogen) atoms. The Morgan fingerprint density at radius 2 is 1.67 bits per heavy atom. The van der Waals surface area contributed by atoms with E-state index in [1.807, 2.05) is 7.05 Å². The SMILES string of the molecule is CNCCCCCCN(C)Cc1ccc(C)cc1. The Labute approximate surface area is 112 Å². The lowest BCUT2D eigenvalue weighted by Crippen LogP contribution is -2.19. The molecule has 2 nitrogen and oxygen atoms in total. The van der Waals surface area contributed by atoms with E-state index in [4.69, 9.17) is 0 Å². The molecule has 0 radical (unpaired) electrons. The van der Waals surface area contributed by atoms with Gasteiger partial charge < -0.3 is 10.2 Å². The average Bonchev–Trinajstić information content (AvgIpc) is 2.36. The van der Waals surface area contributed by atoms with E-state index in [2.05, 4.69) is 48.5 Å². The standard InChI is InChI=1S/C16H28N2/c1-15-8-10-16(11-9-15)14-18(3)13-7-5-4-6-12-17-2/h8-11,17H,4-7,12-14H2,1-3H3. The molecule has 102 valence electrons. The predicted molar refractivity (Wildman–Crippen MR) is 79.9 cm³/mol. The first-order valence-electron chi connectivity index (χ1n) is 7.11. The van der Waals surface area contributed by atoms with Gasteiger partial charge in [0.1, 0.15) is 0 Å². The number of nitrogens with zero attached hydrogens (tertiary/aromatic N) is 1. The third-order valence-corrected chi connectivity index (χ3v) is 3.29. The lowest BCUT2D eigenvalue weighted by Gasteiger charge is -2.16. The first kappa shape index (κ1) is 15.2. The minimum atomic E-state index is 1.07. The minimum Gasteiger partial charge on any atom is -0.320 e. The number of hydrogen-bond donors (Lipinski definition) is 1. The van der Waals surface area contributed by atoms with Crippen LogP contribution in [0.2, 0.25) is 0 Å². The third kappa shape index (κ3) is 6.77. The zero-order chi connectivity index (χ0) is 13.2. The van der Waals surface area contributed by atoms with Crippen LogP contribution in [-0.4, -0.2) is 32.1 Å². The van der Waals surface area contributed by atoms with E-state index < -0.39 is 0 Å². The smallest absolute Gasteiger partial charge is 0.0230 e. The molecule has 0 saturated carbocycles. The summed E-state index contributed by atoms with van der Waals surface area (Å²) in [6, 6.07) is 8.86. The summed E-state index contributed by atoms with van der Waals surface area (Å²) in [4.78, 5) is 2.42. The van der Waals surface area contributed by atoms with Crippen LogP contribution in [0.5, 0.6) is 0 Å². The summed E-state index contributed by atoms with van der Waals surface area (Å²) < 4.78 is 0. The summed E-state index contributed by atoms with van der Waals surface area (Å²) in [5.41, 5.74) is 2.75. The molecule has 1 aromatic rings. The van der Waals surface area contributed by atoms with Crippen molar-refractivity contribution in [2.45, 2.75) is 39.2 Å². The van der Waals surface area contributed by atoms with Gasteiger partial charge in [-0.25, -0.2) is 0 Å². The molecule has 0 aliphatic carbocycles. The number of nitrogens with one attached hydrogen (secondary N) is 1. The van der Waals surface area contributed by atoms with E-state index >= 15 is 0 Å². The second-order valence-corrected chi connectivity index (χ2v) is 5.24. The van der Waals surface area contributed by atoms with Gasteiger partial charge in [0.05, 0.1) is 0 Å². The van der Waals surface area contributed by atoms with Crippen molar-refractivity contribution in [1.29, 1.82) is 0 Å². The second kappa shape index (κ2) is 9.12. The average molecular weight is 248 g/mol. The maximum atomic E-state index is 3.19. The first-order chi connectivity index (χ1) is 8.72. The van der Waals surface area contributed by atoms with Crippen LogP contribution in [0.3, 0.4) is 0 Å². The van der Waals surface area contributed by atoms with Gasteiger partial charge in [-0.15, -0.1) is 0 Å². The van der Waals surface area contributed by atoms with Gasteiger partial charge in [0.25, 0.3) is 0 Å². The Morgan fingerprint density at radius 3 is 2.33 bits per heavy atom. The quantitative estimate of drug-likeness (QED) is 0.675. The Bertz CT molecular complexity index is 305. The lowest BCUT2D eigenvalue weighted by molar-refractivity contribution is 0.316. The molecule has 0 fully saturated rings. The van der Waals surface area contributed by atoms with E-state index in [0.29, 0.717) is 0 Å². The van der Waals surface area contributed by atoms with Crippen LogP contribution in [0.1, 0.15) is 36.8 Å². The van der Waals surface area contributed by atoms with E-state index in [1.165, 1.54) is 43.4 Å². The molecule has 0 atom stereocenters. The van der Waals surface area contributed by atoms with Crippen molar-refractivity contribution in [2.75, 3.05) is 27.2 Å². The van der Waals surface area contributed by atoms with Crippen LogP contribution in [0.15, 0.2) is 24.3 Å². The van der Waals surface area contributed by atoms with Crippen molar-refractivity contribution in [3.05, 3.63) is 35.4 Å². The summed E-state index contributed by atoms with van der Waals surface area (Å²) in [5, 5.41) is 3.19. The third-order valence-electron chi connectivity index (χ3n) is 3.29. The van der Waals surface area contributed by atoms with Crippen molar-refractivity contribution < 1.29 is 0 Å². The largest absolute Gasteiger partial charge is 0.320 e. The Balaban J connectivity index is 2.10. The maximum absolute atomic E-state index is 3.19. The van der Waals surface area contributed by atoms with Crippen LogP contribution in [0, 0.1) is 6.92 Å². The highest BCUT2D eigenvalue weighted by atomic mass is 15.1. The molecule has 0 saturated heterocycles. The van der Waals surface area contributed by atoms with Crippen LogP contribution in [-0.2, 0) is 6.54 Å². The molecule has 1 rings (SSSR count). The molecule has 0 bridgehead atoms. The van der Waals surface area contributed by atoms with Crippen LogP contribution in [0.25, 0.3) is 0 Å². The molecule has 1 aromatic carbocycles. The summed E-state index contributed by atoms with van der Waals surface area (Å²) in [6.07, 6.45) is 5.31. The van der Waals surface area contributed by atoms with Gasteiger partial charge in [0, 0.05) is 6.54 Å². The highest BCUT2D eigenvalue weighted by Gasteiger charge is 2.00. The summed E-state index contributed by atoms with van der Waals surface area (Å²) in [5.74, 6) is 0. The molecule has 0 amide bonds. The summed E-state index contributed by atoms with van der Waals surface area (Å²) in [7, 11) is 4.24. The van der Waals surface area contributed by atoms with Crippen molar-refractivity contribution in [3.63, 3.8) is 0 Å². The fourth-order valence-electron chi connectivity index (χ4n) is 2.12. The van der Waals surface area contributed by atoms with Gasteiger partial charge >= 0.3 is 0 Å². The molecule has 2 heteroatoms. The molecule has 0 heterocycles. The molecule has 0 aliphatic heterocycles. The Kier molecular flexibility index (Phi) is 7.70. The highest BCUT2D eigenvalue weighted by Crippen LogP contribution is 2.07. The molecule has 0 spiro atoms. The van der Waals surface area contributed by atoms with E-state index in [1.54, 1.807) is 0 Å². The predicted octanol–water partition coefficient (Wildman–Crippen LogP) is 3.21. The number of unbranched alkanes of at least 4 members (excludes halogenated alkanes) is 3. The Morgan fingerprint density at radius 1 is 1.00 bits per heavy atom. The van der Waals surface area contributed by atoms with Crippen LogP contribution >= 0.6 is 0 Å². The number of benzene rings is 1. The van der Waals surface area contributed by atoms with E-state index in [0.717, 1.165) is 13.1 Å². The fraction of sp³-hybridized carbons (Fsp3) is 0.625. The van der Waals surface area contributed by atoms with Gasteiger partial charge in [-0.1, -0.05) is 42.7 Å². The molecule has 0 aliphatic rings. The number of rotatable bonds is 9. The van der Waals surface area contributed by atoms with Crippen LogP contribution in [0.4, 0.5) is 0 Å². The topological polar surface area (TPSA) is 15.3 Å². The molecule has 1 N–H and O–H groups in total. The number of aryl methyl sites for hydroxylation is 1. The molecular weight excluding hydrogens is 220 g/mol. The maximum Gasteiger partial charge on any atom is 0.0230 e. The number of hydrogen-bond acceptors (Lipinski definition) is 2. The molecular formula is C16H28N2. The lowest BCUT2D eigenvalue weighted by atomic mass is 10.1. The van der Waals surface area contributed by atoms with Gasteiger partial charge in [0.15, 0.2) is 0 Å². The first-order valence-corrected chi connectivity index (χ1v) is 7.11. The van der Waals surface area contributed by atoms with Gasteiger partial charge in [-0.3, -0.25) is 0 Å². The molecule has 0 unspecified atom stereocenters. The monoisotopic (exact) mass is 248 g/mol. The highest BCUT2D eigenvalue weighted by molar-refractivity contribution is 5.21. The van der Waals surface area contributed by atoms with Gasteiger partial charge in [-0.2, -0.15) is 0 Å². The van der Waals surface area contributed by atoms with Gasteiger partial charge in [-0.05, 0) is 52.5 Å². The second-order valence-electron chi connectivity index (χ2n) is 5.24. The normalized spacial score (nSPS) is 11.1. The van der Waals surface area contributed by atoms with Crippen molar-refractivity contribution in [2.24, 2.45) is 0 Å². The summed E-state index contributed by atoms with van der Waals surface area (Å²) >= 11 is 0. The fourth-order valence-corrected chi connectivity index (χ4v) is 2.12. The van der Waals surface area contributed by atoms with Gasteiger partial charge in [0.2, 0.25) is 0 Å². The van der Waals surface area contributed by atoms with Crippen molar-refractivity contribution in [3.8, 4) is 0 Å². The zero-order valence-electron chi connectivity index (χ0n) is 12.2. The Hall–Kier alpha value is -0.860. The van der Waals surface area contributed by atoms with E-state index in [-0.39, 0.29) is 0 Å². The summed E-state index contributed by atoms with van der Waals surface area (Å²) in [6.45, 7) is 5.56. The van der Waals surface area contributed by atoms with Crippen molar-refractivity contribution in [1.82, 2.24) is 10.2 Å². The van der Waals surface area contributed by atoms with Crippen LogP contribution < -0.4 is 5.32 Å². The van der Waals surface area contributed by atoms with E-state index in [9.17, 15) is 0 Å². The zero-order valence-corrected chi connectivity index (χ0v) is 12.2.